The Hall–Kier alpha value is -1.55. The van der Waals surface area contributed by atoms with E-state index >= 15 is 0 Å². The van der Waals surface area contributed by atoms with Crippen LogP contribution in [0.1, 0.15) is 25.8 Å². The molecule has 0 aliphatic heterocycles. The van der Waals surface area contributed by atoms with Crippen molar-refractivity contribution in [2.24, 2.45) is 0 Å². The summed E-state index contributed by atoms with van der Waals surface area (Å²) in [6.07, 6.45) is 0.982. The predicted octanol–water partition coefficient (Wildman–Crippen LogP) is 2.33. The van der Waals surface area contributed by atoms with Gasteiger partial charge in [-0.3, -0.25) is 4.79 Å². The van der Waals surface area contributed by atoms with Crippen molar-refractivity contribution in [1.82, 2.24) is 0 Å². The summed E-state index contributed by atoms with van der Waals surface area (Å²) in [4.78, 5) is 11.6. The van der Waals surface area contributed by atoms with Crippen LogP contribution in [-0.4, -0.2) is 18.6 Å². The summed E-state index contributed by atoms with van der Waals surface area (Å²) >= 11 is 0. The molecule has 3 N–H and O–H groups in total. The zero-order valence-corrected chi connectivity index (χ0v) is 10.6. The molecular formula is C13H20N2O2. The van der Waals surface area contributed by atoms with Gasteiger partial charge in [0, 0.05) is 0 Å². The molecular weight excluding hydrogens is 216 g/mol. The van der Waals surface area contributed by atoms with E-state index in [9.17, 15) is 4.79 Å². The maximum Gasteiger partial charge on any atom is 0.250 e. The second kappa shape index (κ2) is 6.25. The molecule has 0 aliphatic rings. The number of nitrogens with one attached hydrogen (secondary N) is 1. The van der Waals surface area contributed by atoms with E-state index < -0.39 is 0 Å². The smallest absolute Gasteiger partial charge is 0.250 e. The molecule has 0 heterocycles. The van der Waals surface area contributed by atoms with Gasteiger partial charge < -0.3 is 15.8 Å². The average molecular weight is 236 g/mol. The van der Waals surface area contributed by atoms with Crippen LogP contribution in [0.3, 0.4) is 0 Å². The summed E-state index contributed by atoms with van der Waals surface area (Å²) < 4.78 is 5.34. The third-order valence-electron chi connectivity index (χ3n) is 2.56. The Balaban J connectivity index is 2.50. The summed E-state index contributed by atoms with van der Waals surface area (Å²) in [7, 11) is 0. The van der Waals surface area contributed by atoms with Gasteiger partial charge in [0.25, 0.3) is 0 Å². The molecule has 1 amide bonds. The highest BCUT2D eigenvalue weighted by atomic mass is 16.5. The fourth-order valence-corrected chi connectivity index (χ4v) is 1.32. The third kappa shape index (κ3) is 4.44. The molecule has 0 radical (unpaired) electrons. The van der Waals surface area contributed by atoms with Crippen molar-refractivity contribution in [2.75, 3.05) is 17.7 Å². The van der Waals surface area contributed by atoms with E-state index in [1.165, 1.54) is 0 Å². The molecule has 1 unspecified atom stereocenters. The first-order chi connectivity index (χ1) is 8.02. The number of nitrogens with two attached hydrogens (primary N) is 1. The fourth-order valence-electron chi connectivity index (χ4n) is 1.32. The van der Waals surface area contributed by atoms with Crippen LogP contribution < -0.4 is 11.1 Å². The van der Waals surface area contributed by atoms with Crippen LogP contribution >= 0.6 is 0 Å². The minimum atomic E-state index is -0.180. The molecule has 4 heteroatoms. The molecule has 94 valence electrons. The minimum Gasteiger partial charge on any atom is -0.397 e. The lowest BCUT2D eigenvalue weighted by atomic mass is 10.2. The Kier molecular flexibility index (Phi) is 4.97. The Morgan fingerprint density at radius 2 is 2.24 bits per heavy atom. The largest absolute Gasteiger partial charge is 0.397 e. The van der Waals surface area contributed by atoms with Gasteiger partial charge in [0.2, 0.25) is 5.91 Å². The van der Waals surface area contributed by atoms with Gasteiger partial charge in [-0.05, 0) is 38.0 Å². The molecule has 0 aromatic heterocycles. The Bertz CT molecular complexity index is 391. The third-order valence-corrected chi connectivity index (χ3v) is 2.56. The quantitative estimate of drug-likeness (QED) is 0.771. The topological polar surface area (TPSA) is 64.3 Å². The lowest BCUT2D eigenvalue weighted by molar-refractivity contribution is -0.122. The predicted molar refractivity (Wildman–Crippen MR) is 69.9 cm³/mol. The normalized spacial score (nSPS) is 12.2. The summed E-state index contributed by atoms with van der Waals surface area (Å²) in [5.41, 5.74) is 8.07. The van der Waals surface area contributed by atoms with Crippen LogP contribution in [0.5, 0.6) is 0 Å². The van der Waals surface area contributed by atoms with Crippen molar-refractivity contribution in [3.05, 3.63) is 23.8 Å². The molecule has 1 rings (SSSR count). The number of anilines is 2. The maximum atomic E-state index is 11.6. The zero-order chi connectivity index (χ0) is 12.8. The molecule has 1 aromatic rings. The number of carbonyl (C=O) groups excluding carboxylic acids is 1. The fraction of sp³-hybridized carbons (Fsp3) is 0.462. The average Bonchev–Trinajstić information content (AvgIpc) is 2.29. The van der Waals surface area contributed by atoms with Crippen LogP contribution in [0, 0.1) is 6.92 Å². The van der Waals surface area contributed by atoms with Gasteiger partial charge in [-0.1, -0.05) is 13.0 Å². The summed E-state index contributed by atoms with van der Waals surface area (Å²) in [6.45, 7) is 5.96. The van der Waals surface area contributed by atoms with Crippen LogP contribution in [0.2, 0.25) is 0 Å². The summed E-state index contributed by atoms with van der Waals surface area (Å²) in [6, 6.07) is 5.53. The van der Waals surface area contributed by atoms with Crippen molar-refractivity contribution in [1.29, 1.82) is 0 Å². The number of ether oxygens (including phenoxy) is 1. The number of carbonyl (C=O) groups is 1. The van der Waals surface area contributed by atoms with E-state index in [0.717, 1.165) is 12.0 Å². The number of aryl methyl sites for hydroxylation is 1. The molecule has 0 aliphatic carbocycles. The Morgan fingerprint density at radius 1 is 1.53 bits per heavy atom. The second-order valence-electron chi connectivity index (χ2n) is 4.17. The van der Waals surface area contributed by atoms with E-state index in [2.05, 4.69) is 5.32 Å². The van der Waals surface area contributed by atoms with Crippen LogP contribution in [-0.2, 0) is 9.53 Å². The lowest BCUT2D eigenvalue weighted by Gasteiger charge is -2.12. The standard InChI is InChI=1S/C13H20N2O2/c1-4-10(3)17-8-13(16)15-12-6-5-9(2)7-11(12)14/h5-7,10H,4,8,14H2,1-3H3,(H,15,16). The maximum absolute atomic E-state index is 11.6. The van der Waals surface area contributed by atoms with E-state index in [1.54, 1.807) is 6.07 Å². The van der Waals surface area contributed by atoms with E-state index in [0.29, 0.717) is 11.4 Å². The van der Waals surface area contributed by atoms with Crippen LogP contribution in [0.15, 0.2) is 18.2 Å². The number of hydrogen-bond donors (Lipinski definition) is 2. The van der Waals surface area contributed by atoms with Gasteiger partial charge >= 0.3 is 0 Å². The van der Waals surface area contributed by atoms with Crippen molar-refractivity contribution in [3.8, 4) is 0 Å². The van der Waals surface area contributed by atoms with Gasteiger partial charge in [0.15, 0.2) is 0 Å². The number of hydrogen-bond acceptors (Lipinski definition) is 3. The molecule has 17 heavy (non-hydrogen) atoms. The molecule has 0 saturated heterocycles. The van der Waals surface area contributed by atoms with E-state index in [-0.39, 0.29) is 18.6 Å². The van der Waals surface area contributed by atoms with Gasteiger partial charge in [-0.25, -0.2) is 0 Å². The number of benzene rings is 1. The molecule has 0 fully saturated rings. The van der Waals surface area contributed by atoms with E-state index in [4.69, 9.17) is 10.5 Å². The van der Waals surface area contributed by atoms with Crippen LogP contribution in [0.4, 0.5) is 11.4 Å². The second-order valence-corrected chi connectivity index (χ2v) is 4.17. The molecule has 0 bridgehead atoms. The molecule has 1 atom stereocenters. The first-order valence-corrected chi connectivity index (χ1v) is 5.80. The molecule has 4 nitrogen and oxygen atoms in total. The van der Waals surface area contributed by atoms with Crippen molar-refractivity contribution in [3.63, 3.8) is 0 Å². The monoisotopic (exact) mass is 236 g/mol. The number of rotatable bonds is 5. The van der Waals surface area contributed by atoms with Crippen molar-refractivity contribution in [2.45, 2.75) is 33.3 Å². The lowest BCUT2D eigenvalue weighted by Crippen LogP contribution is -2.22. The molecule has 0 spiro atoms. The van der Waals surface area contributed by atoms with Gasteiger partial charge in [-0.2, -0.15) is 0 Å². The zero-order valence-electron chi connectivity index (χ0n) is 10.6. The Morgan fingerprint density at radius 3 is 2.82 bits per heavy atom. The van der Waals surface area contributed by atoms with Crippen LogP contribution in [0.25, 0.3) is 0 Å². The highest BCUT2D eigenvalue weighted by molar-refractivity contribution is 5.94. The highest BCUT2D eigenvalue weighted by Gasteiger charge is 2.07. The Labute approximate surface area is 102 Å². The SMILES string of the molecule is CCC(C)OCC(=O)Nc1ccc(C)cc1N. The molecule has 0 saturated carbocycles. The highest BCUT2D eigenvalue weighted by Crippen LogP contribution is 2.19. The first kappa shape index (κ1) is 13.5. The van der Waals surface area contributed by atoms with E-state index in [1.807, 2.05) is 32.9 Å². The number of nitrogen functional groups attached to an aromatic ring is 1. The van der Waals surface area contributed by atoms with Gasteiger partial charge in [0.05, 0.1) is 17.5 Å². The van der Waals surface area contributed by atoms with Crippen molar-refractivity contribution >= 4 is 17.3 Å². The molecule has 1 aromatic carbocycles. The first-order valence-electron chi connectivity index (χ1n) is 5.80. The van der Waals surface area contributed by atoms with Gasteiger partial charge in [-0.15, -0.1) is 0 Å². The minimum absolute atomic E-state index is 0.0579. The summed E-state index contributed by atoms with van der Waals surface area (Å²) in [5, 5.41) is 2.73. The van der Waals surface area contributed by atoms with Crippen molar-refractivity contribution < 1.29 is 9.53 Å². The number of amides is 1. The van der Waals surface area contributed by atoms with Gasteiger partial charge in [0.1, 0.15) is 6.61 Å². The summed E-state index contributed by atoms with van der Waals surface area (Å²) in [5.74, 6) is -0.180.